The molecule has 1 amide bonds. The number of amides is 1. The number of nitrogens with zero attached hydrogens (tertiary/aromatic N) is 1. The summed E-state index contributed by atoms with van der Waals surface area (Å²) in [6.07, 6.45) is 0.870. The first-order valence-electron chi connectivity index (χ1n) is 6.87. The topological polar surface area (TPSA) is 79.3 Å². The predicted octanol–water partition coefficient (Wildman–Crippen LogP) is 2.82. The molecule has 122 valence electrons. The maximum Gasteiger partial charge on any atom is 0.355 e. The van der Waals surface area contributed by atoms with Crippen LogP contribution in [-0.2, 0) is 11.2 Å². The fraction of sp³-hybridized carbons (Fsp3) is 0.267. The van der Waals surface area contributed by atoms with Crippen molar-refractivity contribution in [3.63, 3.8) is 0 Å². The molecule has 0 fully saturated rings. The van der Waals surface area contributed by atoms with Crippen LogP contribution in [0.3, 0.4) is 0 Å². The van der Waals surface area contributed by atoms with E-state index in [-0.39, 0.29) is 17.4 Å². The van der Waals surface area contributed by atoms with Gasteiger partial charge in [0.05, 0.1) is 5.01 Å². The number of hydrogen-bond donors (Lipinski definition) is 2. The molecule has 1 aromatic carbocycles. The number of aromatic carboxylic acids is 1. The van der Waals surface area contributed by atoms with Crippen LogP contribution in [-0.4, -0.2) is 34.3 Å². The molecule has 0 saturated carbocycles. The Morgan fingerprint density at radius 1 is 1.30 bits per heavy atom. The van der Waals surface area contributed by atoms with Crippen LogP contribution in [0.1, 0.15) is 21.9 Å². The van der Waals surface area contributed by atoms with Crippen molar-refractivity contribution in [2.24, 2.45) is 0 Å². The summed E-state index contributed by atoms with van der Waals surface area (Å²) in [5.41, 5.74) is 0.0343. The van der Waals surface area contributed by atoms with E-state index in [0.29, 0.717) is 30.1 Å². The zero-order valence-corrected chi connectivity index (χ0v) is 13.8. The van der Waals surface area contributed by atoms with Crippen LogP contribution in [0.2, 0.25) is 0 Å². The third-order valence-electron chi connectivity index (χ3n) is 2.84. The minimum Gasteiger partial charge on any atom is -0.476 e. The van der Waals surface area contributed by atoms with Crippen molar-refractivity contribution in [2.75, 3.05) is 12.3 Å². The lowest BCUT2D eigenvalue weighted by atomic mass is 10.3. The molecular formula is C15H15FN2O3S2. The number of hydrogen-bond acceptors (Lipinski definition) is 5. The van der Waals surface area contributed by atoms with Crippen molar-refractivity contribution < 1.29 is 19.1 Å². The number of rotatable bonds is 8. The first-order chi connectivity index (χ1) is 11.0. The zero-order chi connectivity index (χ0) is 16.7. The lowest BCUT2D eigenvalue weighted by molar-refractivity contribution is -0.120. The van der Waals surface area contributed by atoms with Crippen LogP contribution in [0.15, 0.2) is 34.5 Å². The lowest BCUT2D eigenvalue weighted by Gasteiger charge is -2.04. The van der Waals surface area contributed by atoms with E-state index < -0.39 is 5.97 Å². The van der Waals surface area contributed by atoms with E-state index in [0.717, 1.165) is 4.90 Å². The molecule has 0 saturated heterocycles. The largest absolute Gasteiger partial charge is 0.476 e. The van der Waals surface area contributed by atoms with Crippen LogP contribution >= 0.6 is 23.1 Å². The van der Waals surface area contributed by atoms with Crippen molar-refractivity contribution in [3.8, 4) is 0 Å². The van der Waals surface area contributed by atoms with Crippen molar-refractivity contribution in [1.29, 1.82) is 0 Å². The SMILES string of the molecule is O=C(CCSc1ccc(F)cc1)NCCc1nc(C(=O)O)cs1. The molecule has 0 aliphatic rings. The van der Waals surface area contributed by atoms with Crippen molar-refractivity contribution in [1.82, 2.24) is 10.3 Å². The van der Waals surface area contributed by atoms with Crippen LogP contribution < -0.4 is 5.32 Å². The Morgan fingerprint density at radius 2 is 2.04 bits per heavy atom. The summed E-state index contributed by atoms with van der Waals surface area (Å²) in [5, 5.41) is 13.7. The first kappa shape index (κ1) is 17.4. The molecule has 5 nitrogen and oxygen atoms in total. The summed E-state index contributed by atoms with van der Waals surface area (Å²) in [5.74, 6) is -0.790. The van der Waals surface area contributed by atoms with E-state index >= 15 is 0 Å². The third kappa shape index (κ3) is 5.99. The maximum absolute atomic E-state index is 12.8. The Bertz CT molecular complexity index is 674. The molecule has 2 aromatic rings. The van der Waals surface area contributed by atoms with Gasteiger partial charge >= 0.3 is 5.97 Å². The van der Waals surface area contributed by atoms with Gasteiger partial charge in [0.2, 0.25) is 5.91 Å². The molecule has 0 aliphatic heterocycles. The Morgan fingerprint density at radius 3 is 2.70 bits per heavy atom. The summed E-state index contributed by atoms with van der Waals surface area (Å²) >= 11 is 2.76. The van der Waals surface area contributed by atoms with Gasteiger partial charge in [-0.2, -0.15) is 0 Å². The smallest absolute Gasteiger partial charge is 0.355 e. The van der Waals surface area contributed by atoms with Gasteiger partial charge in [-0.15, -0.1) is 23.1 Å². The molecule has 8 heteroatoms. The first-order valence-corrected chi connectivity index (χ1v) is 8.74. The summed E-state index contributed by atoms with van der Waals surface area (Å²) in [4.78, 5) is 27.3. The Balaban J connectivity index is 1.63. The molecule has 1 heterocycles. The summed E-state index contributed by atoms with van der Waals surface area (Å²) in [6.45, 7) is 0.423. The minimum atomic E-state index is -1.05. The van der Waals surface area contributed by atoms with E-state index in [1.807, 2.05) is 0 Å². The van der Waals surface area contributed by atoms with Gasteiger partial charge in [-0.05, 0) is 24.3 Å². The highest BCUT2D eigenvalue weighted by atomic mass is 32.2. The van der Waals surface area contributed by atoms with Gasteiger partial charge in [-0.1, -0.05) is 0 Å². The van der Waals surface area contributed by atoms with E-state index in [9.17, 15) is 14.0 Å². The number of carbonyl (C=O) groups is 2. The van der Waals surface area contributed by atoms with Crippen LogP contribution in [0.25, 0.3) is 0 Å². The summed E-state index contributed by atoms with van der Waals surface area (Å²) < 4.78 is 12.8. The van der Waals surface area contributed by atoms with Gasteiger partial charge in [-0.3, -0.25) is 4.79 Å². The second-order valence-electron chi connectivity index (χ2n) is 4.58. The van der Waals surface area contributed by atoms with Gasteiger partial charge < -0.3 is 10.4 Å². The van der Waals surface area contributed by atoms with E-state index in [1.165, 1.54) is 40.6 Å². The molecule has 0 aliphatic carbocycles. The van der Waals surface area contributed by atoms with E-state index in [2.05, 4.69) is 10.3 Å². The summed E-state index contributed by atoms with van der Waals surface area (Å²) in [6, 6.07) is 6.14. The molecule has 0 unspecified atom stereocenters. The van der Waals surface area contributed by atoms with Gasteiger partial charge in [0.1, 0.15) is 5.82 Å². The molecule has 2 rings (SSSR count). The number of thioether (sulfide) groups is 1. The number of thiazole rings is 1. The highest BCUT2D eigenvalue weighted by molar-refractivity contribution is 7.99. The molecule has 0 bridgehead atoms. The second-order valence-corrected chi connectivity index (χ2v) is 6.69. The number of benzene rings is 1. The van der Waals surface area contributed by atoms with Crippen molar-refractivity contribution in [3.05, 3.63) is 46.2 Å². The molecule has 1 aromatic heterocycles. The molecule has 0 atom stereocenters. The van der Waals surface area contributed by atoms with Gasteiger partial charge in [0, 0.05) is 35.4 Å². The lowest BCUT2D eigenvalue weighted by Crippen LogP contribution is -2.25. The number of aromatic nitrogens is 1. The minimum absolute atomic E-state index is 0.0343. The van der Waals surface area contributed by atoms with Crippen molar-refractivity contribution >= 4 is 35.0 Å². The quantitative estimate of drug-likeness (QED) is 0.713. The maximum atomic E-state index is 12.8. The fourth-order valence-electron chi connectivity index (χ4n) is 1.71. The third-order valence-corrected chi connectivity index (χ3v) is 4.77. The molecule has 0 radical (unpaired) electrons. The molecule has 2 N–H and O–H groups in total. The number of carboxylic acids is 1. The van der Waals surface area contributed by atoms with E-state index in [1.54, 1.807) is 12.1 Å². The Hall–Kier alpha value is -1.93. The van der Waals surface area contributed by atoms with Crippen LogP contribution in [0.5, 0.6) is 0 Å². The zero-order valence-electron chi connectivity index (χ0n) is 12.1. The van der Waals surface area contributed by atoms with Crippen molar-refractivity contribution in [2.45, 2.75) is 17.7 Å². The van der Waals surface area contributed by atoms with Gasteiger partial charge in [0.25, 0.3) is 0 Å². The Kier molecular flexibility index (Phi) is 6.54. The normalized spacial score (nSPS) is 10.5. The van der Waals surface area contributed by atoms with Gasteiger partial charge in [-0.25, -0.2) is 14.2 Å². The fourth-order valence-corrected chi connectivity index (χ4v) is 3.34. The van der Waals surface area contributed by atoms with Crippen LogP contribution in [0.4, 0.5) is 4.39 Å². The van der Waals surface area contributed by atoms with Crippen LogP contribution in [0, 0.1) is 5.82 Å². The molecule has 0 spiro atoms. The number of halogens is 1. The monoisotopic (exact) mass is 354 g/mol. The Labute approximate surface area is 140 Å². The molecular weight excluding hydrogens is 339 g/mol. The highest BCUT2D eigenvalue weighted by Crippen LogP contribution is 2.18. The number of carbonyl (C=O) groups excluding carboxylic acids is 1. The highest BCUT2D eigenvalue weighted by Gasteiger charge is 2.09. The van der Waals surface area contributed by atoms with E-state index in [4.69, 9.17) is 5.11 Å². The van der Waals surface area contributed by atoms with Gasteiger partial charge in [0.15, 0.2) is 5.69 Å². The predicted molar refractivity (Wildman–Crippen MR) is 87.5 cm³/mol. The summed E-state index contributed by atoms with van der Waals surface area (Å²) in [7, 11) is 0. The molecule has 23 heavy (non-hydrogen) atoms. The number of carboxylic acid groups (broad SMARTS) is 1. The average Bonchev–Trinajstić information content (AvgIpc) is 2.98. The standard InChI is InChI=1S/C15H15FN2O3S2/c16-10-1-3-11(4-2-10)22-8-6-13(19)17-7-5-14-18-12(9-23-14)15(20)21/h1-4,9H,5-8H2,(H,17,19)(H,20,21). The average molecular weight is 354 g/mol. The second kappa shape index (κ2) is 8.64. The number of nitrogens with one attached hydrogen (secondary N) is 1.